The summed E-state index contributed by atoms with van der Waals surface area (Å²) in [4.78, 5) is 1.17. The van der Waals surface area contributed by atoms with E-state index >= 15 is 0 Å². The maximum Gasteiger partial charge on any atom is 0.0547 e. The number of para-hydroxylation sites is 1. The quantitative estimate of drug-likeness (QED) is 0.155. The molecule has 214 valence electrons. The Morgan fingerprint density at radius 2 is 1.29 bits per heavy atom. The zero-order valence-corrected chi connectivity index (χ0v) is 26.0. The minimum Gasteiger partial charge on any atom is -0.398 e. The molecule has 0 unspecified atom stereocenters. The molecule has 0 fully saturated rings. The van der Waals surface area contributed by atoms with Crippen LogP contribution in [-0.4, -0.2) is 4.57 Å². The monoisotopic (exact) mass is 612 g/mol. The smallest absolute Gasteiger partial charge is 0.0547 e. The lowest BCUT2D eigenvalue weighted by Gasteiger charge is -2.13. The van der Waals surface area contributed by atoms with Gasteiger partial charge >= 0.3 is 0 Å². The van der Waals surface area contributed by atoms with Crippen LogP contribution in [0.2, 0.25) is 0 Å². The summed E-state index contributed by atoms with van der Waals surface area (Å²) in [5.41, 5.74) is 15.0. The van der Waals surface area contributed by atoms with Crippen molar-refractivity contribution < 1.29 is 0 Å². The number of benzene rings is 7. The number of nitrogen functional groups attached to an aromatic ring is 1. The number of rotatable bonds is 5. The predicted molar refractivity (Wildman–Crippen MR) is 197 cm³/mol. The molecule has 0 aliphatic heterocycles. The molecular formula is C41H28N2S2. The lowest BCUT2D eigenvalue weighted by Crippen LogP contribution is -1.95. The van der Waals surface area contributed by atoms with Gasteiger partial charge in [0.2, 0.25) is 0 Å². The second-order valence-corrected chi connectivity index (χ2v) is 13.6. The largest absolute Gasteiger partial charge is 0.398 e. The van der Waals surface area contributed by atoms with Crippen LogP contribution in [0.25, 0.3) is 69.6 Å². The first-order chi connectivity index (χ1) is 22.2. The first-order valence-corrected chi connectivity index (χ1v) is 17.0. The molecule has 2 heterocycles. The number of thioether (sulfide) groups is 1. The summed E-state index contributed by atoms with van der Waals surface area (Å²) in [6.07, 6.45) is 0. The first kappa shape index (κ1) is 26.4. The summed E-state index contributed by atoms with van der Waals surface area (Å²) < 4.78 is 4.99. The molecule has 0 saturated carbocycles. The lowest BCUT2D eigenvalue weighted by molar-refractivity contribution is 1.17. The van der Waals surface area contributed by atoms with Gasteiger partial charge in [-0.15, -0.1) is 23.1 Å². The van der Waals surface area contributed by atoms with E-state index in [1.165, 1.54) is 80.0 Å². The summed E-state index contributed by atoms with van der Waals surface area (Å²) in [7, 11) is 0. The van der Waals surface area contributed by atoms with Crippen LogP contribution in [0.4, 0.5) is 5.69 Å². The Kier molecular flexibility index (Phi) is 6.19. The zero-order valence-electron chi connectivity index (χ0n) is 24.4. The van der Waals surface area contributed by atoms with Crippen molar-refractivity contribution in [1.29, 1.82) is 0 Å². The van der Waals surface area contributed by atoms with E-state index in [0.717, 1.165) is 11.4 Å². The fourth-order valence-corrected chi connectivity index (χ4v) is 9.11. The number of aromatic nitrogens is 1. The number of thiophene rings is 1. The zero-order chi connectivity index (χ0) is 29.9. The highest BCUT2D eigenvalue weighted by Crippen LogP contribution is 2.47. The van der Waals surface area contributed by atoms with Crippen LogP contribution in [0, 0.1) is 0 Å². The highest BCUT2D eigenvalue weighted by Gasteiger charge is 2.18. The van der Waals surface area contributed by atoms with E-state index in [1.807, 2.05) is 23.1 Å². The van der Waals surface area contributed by atoms with Gasteiger partial charge in [0.15, 0.2) is 0 Å². The van der Waals surface area contributed by atoms with Crippen molar-refractivity contribution in [2.75, 3.05) is 5.73 Å². The van der Waals surface area contributed by atoms with E-state index in [4.69, 9.17) is 5.73 Å². The molecule has 7 aromatic carbocycles. The van der Waals surface area contributed by atoms with Crippen molar-refractivity contribution in [3.63, 3.8) is 0 Å². The highest BCUT2D eigenvalue weighted by molar-refractivity contribution is 7.99. The molecule has 0 atom stereocenters. The Morgan fingerprint density at radius 1 is 0.600 bits per heavy atom. The molecule has 9 rings (SSSR count). The molecule has 0 amide bonds. The lowest BCUT2D eigenvalue weighted by atomic mass is 10.0. The summed E-state index contributed by atoms with van der Waals surface area (Å²) in [6, 6.07) is 52.5. The Morgan fingerprint density at radius 3 is 2.11 bits per heavy atom. The molecule has 0 aliphatic rings. The first-order valence-electron chi connectivity index (χ1n) is 15.2. The molecule has 0 saturated heterocycles. The maximum atomic E-state index is 6.85. The topological polar surface area (TPSA) is 30.9 Å². The van der Waals surface area contributed by atoms with Gasteiger partial charge < -0.3 is 10.3 Å². The number of nitrogens with zero attached hydrogens (tertiary/aromatic N) is 1. The van der Waals surface area contributed by atoms with E-state index in [9.17, 15) is 0 Å². The van der Waals surface area contributed by atoms with Crippen LogP contribution in [0.15, 0.2) is 150 Å². The van der Waals surface area contributed by atoms with Gasteiger partial charge in [-0.05, 0) is 64.4 Å². The van der Waals surface area contributed by atoms with Crippen molar-refractivity contribution in [3.05, 3.63) is 151 Å². The SMILES string of the molecule is Nc1cc(-c2ccccc2)c2sc3ccccc3c2c1SCc1ccc(-n2c3ccccc3c3cc4ccccc4cc32)cc1. The van der Waals surface area contributed by atoms with Gasteiger partial charge in [0.25, 0.3) is 0 Å². The van der Waals surface area contributed by atoms with Crippen LogP contribution in [0.1, 0.15) is 5.56 Å². The van der Waals surface area contributed by atoms with Crippen molar-refractivity contribution in [3.8, 4) is 16.8 Å². The molecule has 9 aromatic rings. The van der Waals surface area contributed by atoms with Crippen molar-refractivity contribution in [2.45, 2.75) is 10.6 Å². The second-order valence-electron chi connectivity index (χ2n) is 11.5. The van der Waals surface area contributed by atoms with E-state index in [1.54, 1.807) is 0 Å². The summed E-state index contributed by atoms with van der Waals surface area (Å²) in [5, 5.41) is 7.63. The Labute approximate surface area is 269 Å². The molecule has 0 spiro atoms. The minimum absolute atomic E-state index is 0.837. The Hall–Kier alpha value is -5.03. The number of hydrogen-bond donors (Lipinski definition) is 1. The molecule has 2 aromatic heterocycles. The van der Waals surface area contributed by atoms with Gasteiger partial charge in [0.05, 0.1) is 11.0 Å². The summed E-state index contributed by atoms with van der Waals surface area (Å²) in [5.74, 6) is 0.840. The second kappa shape index (κ2) is 10.6. The van der Waals surface area contributed by atoms with Crippen LogP contribution in [0.5, 0.6) is 0 Å². The molecule has 2 N–H and O–H groups in total. The van der Waals surface area contributed by atoms with Gasteiger partial charge in [0.1, 0.15) is 0 Å². The fraction of sp³-hybridized carbons (Fsp3) is 0.0244. The van der Waals surface area contributed by atoms with Crippen LogP contribution in [0.3, 0.4) is 0 Å². The molecule has 45 heavy (non-hydrogen) atoms. The molecule has 2 nitrogen and oxygen atoms in total. The number of fused-ring (bicyclic) bond motifs is 7. The summed E-state index contributed by atoms with van der Waals surface area (Å²) in [6.45, 7) is 0. The number of hydrogen-bond acceptors (Lipinski definition) is 3. The van der Waals surface area contributed by atoms with E-state index in [0.29, 0.717) is 0 Å². The molecule has 0 radical (unpaired) electrons. The highest BCUT2D eigenvalue weighted by atomic mass is 32.2. The van der Waals surface area contributed by atoms with Crippen molar-refractivity contribution in [1.82, 2.24) is 4.57 Å². The third-order valence-electron chi connectivity index (χ3n) is 8.83. The van der Waals surface area contributed by atoms with Crippen LogP contribution >= 0.6 is 23.1 Å². The minimum atomic E-state index is 0.837. The van der Waals surface area contributed by atoms with Gasteiger partial charge in [-0.25, -0.2) is 0 Å². The predicted octanol–water partition coefficient (Wildman–Crippen LogP) is 11.8. The fourth-order valence-electron chi connectivity index (χ4n) is 6.71. The van der Waals surface area contributed by atoms with Gasteiger partial charge in [-0.3, -0.25) is 0 Å². The summed E-state index contributed by atoms with van der Waals surface area (Å²) >= 11 is 3.70. The standard InChI is InChI=1S/C41H28N2S2/c42-35-24-33(27-10-2-1-3-11-27)40-39(32-15-7-9-17-38(32)45-40)41(35)44-25-26-18-20-30(21-19-26)43-36-16-8-6-14-31(36)34-22-28-12-4-5-13-29(28)23-37(34)43/h1-24H,25,42H2. The van der Waals surface area contributed by atoms with Gasteiger partial charge in [0, 0.05) is 58.5 Å². The van der Waals surface area contributed by atoms with E-state index in [-0.39, 0.29) is 0 Å². The van der Waals surface area contributed by atoms with E-state index in [2.05, 4.69) is 150 Å². The van der Waals surface area contributed by atoms with Gasteiger partial charge in [-0.2, -0.15) is 0 Å². The average molecular weight is 613 g/mol. The Balaban J connectivity index is 1.10. The normalized spacial score (nSPS) is 11.8. The molecule has 0 aliphatic carbocycles. The van der Waals surface area contributed by atoms with Crippen molar-refractivity contribution >= 4 is 81.5 Å². The average Bonchev–Trinajstić information content (AvgIpc) is 3.63. The van der Waals surface area contributed by atoms with Crippen molar-refractivity contribution in [2.24, 2.45) is 0 Å². The van der Waals surface area contributed by atoms with Gasteiger partial charge in [-0.1, -0.05) is 103 Å². The number of nitrogens with two attached hydrogens (primary N) is 1. The molecule has 4 heteroatoms. The number of anilines is 1. The molecule has 0 bridgehead atoms. The third-order valence-corrected chi connectivity index (χ3v) is 11.2. The van der Waals surface area contributed by atoms with Crippen LogP contribution < -0.4 is 5.73 Å². The van der Waals surface area contributed by atoms with Crippen LogP contribution in [-0.2, 0) is 5.75 Å². The maximum absolute atomic E-state index is 6.85. The molecular weight excluding hydrogens is 585 g/mol. The Bertz CT molecular complexity index is 2540. The van der Waals surface area contributed by atoms with E-state index < -0.39 is 0 Å². The third kappa shape index (κ3) is 4.33.